The van der Waals surface area contributed by atoms with E-state index in [4.69, 9.17) is 0 Å². The maximum Gasteiger partial charge on any atom is 4.00 e. The Hall–Kier alpha value is -3.95. The van der Waals surface area contributed by atoms with E-state index in [2.05, 4.69) is 171 Å². The summed E-state index contributed by atoms with van der Waals surface area (Å²) in [6.07, 6.45) is 0. The van der Waals surface area contributed by atoms with Crippen molar-refractivity contribution in [3.63, 3.8) is 0 Å². The molecular formula is C38H35N5Pt. The number of rotatable bonds is 3. The normalized spacial score (nSPS) is 19.5. The van der Waals surface area contributed by atoms with Gasteiger partial charge in [-0.15, -0.1) is 34.6 Å². The molecule has 222 valence electrons. The summed E-state index contributed by atoms with van der Waals surface area (Å²) in [6.45, 7) is 15.3. The summed E-state index contributed by atoms with van der Waals surface area (Å²) < 4.78 is 2.45. The fourth-order valence-electron chi connectivity index (χ4n) is 7.20. The van der Waals surface area contributed by atoms with Gasteiger partial charge in [-0.3, -0.25) is 0 Å². The second-order valence-corrected chi connectivity index (χ2v) is 12.3. The number of allylic oxidation sites excluding steroid dienone is 4. The van der Waals surface area contributed by atoms with E-state index in [9.17, 15) is 0 Å². The average molecular weight is 757 g/mol. The van der Waals surface area contributed by atoms with Crippen LogP contribution in [0.25, 0.3) is 27.5 Å². The molecule has 0 spiro atoms. The number of nitrogens with zero attached hydrogens (tertiary/aromatic N) is 5. The Labute approximate surface area is 274 Å². The monoisotopic (exact) mass is 756 g/mol. The molecule has 0 saturated heterocycles. The molecule has 1 atom stereocenters. The largest absolute Gasteiger partial charge is 4.00 e. The van der Waals surface area contributed by atoms with E-state index in [-0.39, 0.29) is 21.1 Å². The Bertz CT molecular complexity index is 2050. The van der Waals surface area contributed by atoms with Crippen molar-refractivity contribution in [3.8, 4) is 5.69 Å². The average Bonchev–Trinajstić information content (AvgIpc) is 3.60. The van der Waals surface area contributed by atoms with Gasteiger partial charge in [-0.2, -0.15) is 43.7 Å². The van der Waals surface area contributed by atoms with Gasteiger partial charge >= 0.3 is 21.1 Å². The summed E-state index contributed by atoms with van der Waals surface area (Å²) in [4.78, 5) is 8.86. The summed E-state index contributed by atoms with van der Waals surface area (Å²) in [6, 6.07) is 34.5. The fourth-order valence-corrected chi connectivity index (χ4v) is 7.20. The van der Waals surface area contributed by atoms with Crippen LogP contribution < -0.4 is 9.80 Å². The number of benzene rings is 4. The van der Waals surface area contributed by atoms with E-state index < -0.39 is 5.41 Å². The van der Waals surface area contributed by atoms with Crippen molar-refractivity contribution in [1.29, 1.82) is 0 Å². The Morgan fingerprint density at radius 2 is 1.25 bits per heavy atom. The number of para-hydroxylation sites is 2. The van der Waals surface area contributed by atoms with Crippen LogP contribution >= 0.6 is 0 Å². The first-order valence-corrected chi connectivity index (χ1v) is 14.9. The van der Waals surface area contributed by atoms with E-state index in [1.807, 2.05) is 0 Å². The Balaban J connectivity index is 0.00000312. The number of hydrogen-bond acceptors (Lipinski definition) is 4. The van der Waals surface area contributed by atoms with Crippen LogP contribution in [-0.4, -0.2) is 28.5 Å². The molecule has 5 aromatic rings. The zero-order valence-electron chi connectivity index (χ0n) is 26.1. The zero-order chi connectivity index (χ0) is 29.8. The predicted molar refractivity (Wildman–Crippen MR) is 176 cm³/mol. The SMILES string of the molecule is CC1=C(C)N(c2[c-]c(C3(C)c4[c-]c(N5[CH-]N(C)C(C)=C5C)ccc4-n4c5ccccc5c5cccc3c54)ccc2)[CH-]N1C.[Pt+4]. The maximum absolute atomic E-state index is 3.97. The molecule has 0 saturated carbocycles. The molecule has 1 aromatic heterocycles. The predicted octanol–water partition coefficient (Wildman–Crippen LogP) is 8.29. The topological polar surface area (TPSA) is 17.9 Å². The second kappa shape index (κ2) is 10.0. The van der Waals surface area contributed by atoms with E-state index in [0.29, 0.717) is 0 Å². The molecule has 3 aliphatic heterocycles. The van der Waals surface area contributed by atoms with Gasteiger partial charge in [0.1, 0.15) is 0 Å². The first kappa shape index (κ1) is 28.8. The first-order valence-electron chi connectivity index (χ1n) is 14.9. The van der Waals surface area contributed by atoms with Crippen LogP contribution in [0.2, 0.25) is 0 Å². The molecule has 4 aromatic carbocycles. The molecule has 0 aliphatic carbocycles. The van der Waals surface area contributed by atoms with Gasteiger partial charge in [0.05, 0.1) is 0 Å². The molecule has 44 heavy (non-hydrogen) atoms. The number of aromatic nitrogens is 1. The molecule has 0 bridgehead atoms. The van der Waals surface area contributed by atoms with Gasteiger partial charge in [0.15, 0.2) is 0 Å². The molecule has 0 radical (unpaired) electrons. The summed E-state index contributed by atoms with van der Waals surface area (Å²) in [7, 11) is 4.20. The van der Waals surface area contributed by atoms with Crippen molar-refractivity contribution in [2.75, 3.05) is 23.9 Å². The number of fused-ring (bicyclic) bond motifs is 5. The van der Waals surface area contributed by atoms with Crippen LogP contribution in [0.3, 0.4) is 0 Å². The minimum absolute atomic E-state index is 0. The molecule has 3 aliphatic rings. The van der Waals surface area contributed by atoms with Gasteiger partial charge in [0, 0.05) is 38.6 Å². The Morgan fingerprint density at radius 3 is 1.91 bits per heavy atom. The van der Waals surface area contributed by atoms with Gasteiger partial charge in [-0.1, -0.05) is 49.0 Å². The third-order valence-corrected chi connectivity index (χ3v) is 10.1. The standard InChI is InChI=1S/C38H35N5.Pt/c1-24-26(3)41(22-39(24)6)29-13-10-12-28(20-29)38(5)33-16-11-15-32-31-14-8-9-17-35(31)43(37(32)33)36-19-18-30(21-34(36)38)42-23-40(7)25(2)27(42)4;/h8-19,22-23H,1-7H3;/q-4;+4. The van der Waals surface area contributed by atoms with Crippen molar-refractivity contribution in [2.24, 2.45) is 0 Å². The first-order chi connectivity index (χ1) is 20.7. The zero-order valence-corrected chi connectivity index (χ0v) is 28.4. The molecule has 8 rings (SSSR count). The van der Waals surface area contributed by atoms with Crippen LogP contribution in [-0.2, 0) is 26.5 Å². The summed E-state index contributed by atoms with van der Waals surface area (Å²) in [5.41, 5.74) is 13.7. The van der Waals surface area contributed by atoms with Crippen molar-refractivity contribution in [1.82, 2.24) is 14.4 Å². The van der Waals surface area contributed by atoms with Crippen LogP contribution in [0.1, 0.15) is 51.3 Å². The quantitative estimate of drug-likeness (QED) is 0.173. The molecule has 0 N–H and O–H groups in total. The molecular weight excluding hydrogens is 722 g/mol. The third kappa shape index (κ3) is 3.75. The van der Waals surface area contributed by atoms with Gasteiger partial charge in [0.25, 0.3) is 0 Å². The van der Waals surface area contributed by atoms with E-state index in [1.165, 1.54) is 55.8 Å². The van der Waals surface area contributed by atoms with Crippen molar-refractivity contribution >= 4 is 33.2 Å². The van der Waals surface area contributed by atoms with Gasteiger partial charge in [-0.25, -0.2) is 0 Å². The maximum atomic E-state index is 3.97. The summed E-state index contributed by atoms with van der Waals surface area (Å²) >= 11 is 0. The van der Waals surface area contributed by atoms with Crippen molar-refractivity contribution in [2.45, 2.75) is 40.0 Å². The van der Waals surface area contributed by atoms with Crippen LogP contribution in [0.15, 0.2) is 95.6 Å². The molecule has 0 amide bonds. The third-order valence-electron chi connectivity index (χ3n) is 10.1. The van der Waals surface area contributed by atoms with Gasteiger partial charge in [-0.05, 0) is 64.8 Å². The Kier molecular flexibility index (Phi) is 6.57. The van der Waals surface area contributed by atoms with Gasteiger partial charge < -0.3 is 24.2 Å². The molecule has 6 heteroatoms. The minimum Gasteiger partial charge on any atom is -0.508 e. The van der Waals surface area contributed by atoms with Crippen LogP contribution in [0.5, 0.6) is 0 Å². The molecule has 0 fully saturated rings. The number of hydrogen-bond donors (Lipinski definition) is 0. The molecule has 4 heterocycles. The molecule has 1 unspecified atom stereocenters. The fraction of sp³-hybridized carbons (Fsp3) is 0.211. The summed E-state index contributed by atoms with van der Waals surface area (Å²) in [5, 5.41) is 2.55. The van der Waals surface area contributed by atoms with E-state index >= 15 is 0 Å². The van der Waals surface area contributed by atoms with E-state index in [0.717, 1.165) is 22.5 Å². The van der Waals surface area contributed by atoms with Gasteiger partial charge in [0.2, 0.25) is 0 Å². The van der Waals surface area contributed by atoms with Crippen LogP contribution in [0.4, 0.5) is 11.4 Å². The summed E-state index contributed by atoms with van der Waals surface area (Å²) in [5.74, 6) is 0. The number of anilines is 2. The smallest absolute Gasteiger partial charge is 0.508 e. The Morgan fingerprint density at radius 1 is 0.636 bits per heavy atom. The van der Waals surface area contributed by atoms with Crippen molar-refractivity contribution in [3.05, 3.63) is 138 Å². The van der Waals surface area contributed by atoms with E-state index in [1.54, 1.807) is 0 Å². The molecule has 5 nitrogen and oxygen atoms in total. The van der Waals surface area contributed by atoms with Crippen molar-refractivity contribution < 1.29 is 21.1 Å². The second-order valence-electron chi connectivity index (χ2n) is 12.3. The minimum atomic E-state index is -0.498. The van der Waals surface area contributed by atoms with Crippen LogP contribution in [0, 0.1) is 25.5 Å².